The highest BCUT2D eigenvalue weighted by Gasteiger charge is 2.40. The molecule has 0 aliphatic carbocycles. The van der Waals surface area contributed by atoms with Crippen LogP contribution in [0.4, 0.5) is 4.79 Å². The van der Waals surface area contributed by atoms with Gasteiger partial charge in [0.25, 0.3) is 0 Å². The van der Waals surface area contributed by atoms with Crippen molar-refractivity contribution in [2.24, 2.45) is 0 Å². The number of aromatic nitrogens is 2. The Bertz CT molecular complexity index is 1280. The van der Waals surface area contributed by atoms with Gasteiger partial charge in [-0.25, -0.2) is 18.7 Å². The molecule has 20 heteroatoms. The number of imidazole rings is 1. The standard InChI is InChI=1S/C22H38N3O14P3/c1-23-22(26)37-16-4-9-31-19(16)12-34-40(2,27)38-17-5-10-32-20(17)13-35-41(3,28)39-18-6-11-33-21(18)14-36-42(29,30)25-8-7-24-15-25/h7-8,15-21H,4-6,9-14H2,1-3H3,(H,23,26)(H,29,30)/t16?,17?,18?,19-,20-,21-,40?,41?/m1/s1/i9T,10T,11T/t9-,10+,11+,16?,17?,18?,19+,20+,21+,40?,41?/m0. The van der Waals surface area contributed by atoms with Crippen LogP contribution in [0.15, 0.2) is 18.7 Å². The molecule has 1 amide bonds. The van der Waals surface area contributed by atoms with Gasteiger partial charge in [0.05, 0.1) is 42.7 Å². The van der Waals surface area contributed by atoms with E-state index in [-0.39, 0.29) is 32.5 Å². The second-order valence-electron chi connectivity index (χ2n) is 9.58. The molecule has 3 saturated heterocycles. The van der Waals surface area contributed by atoms with Gasteiger partial charge in [0, 0.05) is 65.2 Å². The van der Waals surface area contributed by atoms with Crippen molar-refractivity contribution in [3.05, 3.63) is 18.7 Å². The number of ether oxygens (including phenoxy) is 4. The van der Waals surface area contributed by atoms with E-state index in [9.17, 15) is 23.4 Å². The highest BCUT2D eigenvalue weighted by molar-refractivity contribution is 7.53. The van der Waals surface area contributed by atoms with E-state index in [1.807, 2.05) is 0 Å². The van der Waals surface area contributed by atoms with Crippen LogP contribution in [0.25, 0.3) is 0 Å². The predicted molar refractivity (Wildman–Crippen MR) is 145 cm³/mol. The van der Waals surface area contributed by atoms with Crippen LogP contribution in [0.1, 0.15) is 23.4 Å². The number of alkyl carbamates (subject to hydrolysis) is 1. The number of hydrogen-bond acceptors (Lipinski definition) is 14. The lowest BCUT2D eigenvalue weighted by atomic mass is 10.2. The number of nitrogens with one attached hydrogen (secondary N) is 1. The van der Waals surface area contributed by atoms with Crippen LogP contribution >= 0.6 is 22.9 Å². The van der Waals surface area contributed by atoms with E-state index in [0.717, 1.165) is 10.7 Å². The second-order valence-corrected chi connectivity index (χ2v) is 15.3. The minimum Gasteiger partial charge on any atom is -0.443 e. The molecule has 1 aromatic heterocycles. The third-order valence-corrected chi connectivity index (χ3v) is 10.1. The van der Waals surface area contributed by atoms with Crippen molar-refractivity contribution < 1.29 is 69.1 Å². The Morgan fingerprint density at radius 2 is 1.40 bits per heavy atom. The summed E-state index contributed by atoms with van der Waals surface area (Å²) in [5.41, 5.74) is 0. The summed E-state index contributed by atoms with van der Waals surface area (Å²) in [6.07, 6.45) is -2.57. The van der Waals surface area contributed by atoms with Crippen LogP contribution in [0.2, 0.25) is 0 Å². The maximum Gasteiger partial charge on any atom is 0.437 e. The number of amides is 1. The summed E-state index contributed by atoms with van der Waals surface area (Å²) < 4.78 is 112. The van der Waals surface area contributed by atoms with E-state index < -0.39 is 92.0 Å². The third kappa shape index (κ3) is 9.65. The van der Waals surface area contributed by atoms with E-state index >= 15 is 0 Å². The molecule has 0 saturated carbocycles. The Morgan fingerprint density at radius 3 is 1.88 bits per heavy atom. The lowest BCUT2D eigenvalue weighted by Gasteiger charge is -2.27. The molecular weight excluding hydrogens is 623 g/mol. The average Bonchev–Trinajstić information content (AvgIpc) is 3.73. The first-order chi connectivity index (χ1) is 21.1. The van der Waals surface area contributed by atoms with Crippen molar-refractivity contribution in [3.63, 3.8) is 0 Å². The molecule has 0 aromatic carbocycles. The van der Waals surface area contributed by atoms with Gasteiger partial charge in [-0.1, -0.05) is 0 Å². The molecule has 0 radical (unpaired) electrons. The van der Waals surface area contributed by atoms with Crippen molar-refractivity contribution in [2.75, 3.05) is 59.9 Å². The Balaban J connectivity index is 1.28. The number of carbonyl (C=O) groups excluding carboxylic acids is 1. The molecule has 1 aromatic rings. The lowest BCUT2D eigenvalue weighted by molar-refractivity contribution is -0.0143. The smallest absolute Gasteiger partial charge is 0.437 e. The lowest BCUT2D eigenvalue weighted by Crippen LogP contribution is -2.34. The maximum atomic E-state index is 13.2. The summed E-state index contributed by atoms with van der Waals surface area (Å²) >= 11 is 0. The van der Waals surface area contributed by atoms with Gasteiger partial charge in [0.2, 0.25) is 0 Å². The van der Waals surface area contributed by atoms with Crippen LogP contribution in [0.3, 0.4) is 0 Å². The summed E-state index contributed by atoms with van der Waals surface area (Å²) in [7, 11) is -10.6. The largest absolute Gasteiger partial charge is 0.443 e. The highest BCUT2D eigenvalue weighted by atomic mass is 31.2. The monoisotopic (exact) mass is 667 g/mol. The Kier molecular flexibility index (Phi) is 10.3. The minimum atomic E-state index is -4.29. The van der Waals surface area contributed by atoms with Crippen molar-refractivity contribution in [3.8, 4) is 0 Å². The summed E-state index contributed by atoms with van der Waals surface area (Å²) in [5.74, 6) is 0. The van der Waals surface area contributed by atoms with Crippen LogP contribution in [-0.4, -0.2) is 117 Å². The van der Waals surface area contributed by atoms with Crippen LogP contribution in [0.5, 0.6) is 0 Å². The molecule has 2 N–H and O–H groups in total. The Hall–Kier alpha value is -1.19. The predicted octanol–water partition coefficient (Wildman–Crippen LogP) is 2.39. The van der Waals surface area contributed by atoms with Gasteiger partial charge in [-0.05, 0) is 0 Å². The van der Waals surface area contributed by atoms with Gasteiger partial charge in [0.15, 0.2) is 0 Å². The van der Waals surface area contributed by atoms with Gasteiger partial charge in [-0.15, -0.1) is 0 Å². The zero-order valence-corrected chi connectivity index (χ0v) is 25.8. The van der Waals surface area contributed by atoms with E-state index in [0.29, 0.717) is 0 Å². The first-order valence-corrected chi connectivity index (χ1v) is 18.5. The van der Waals surface area contributed by atoms with Gasteiger partial charge in [0.1, 0.15) is 30.7 Å². The topological polar surface area (TPSA) is 201 Å². The summed E-state index contributed by atoms with van der Waals surface area (Å²) in [6, 6.07) is 0. The molecule has 3 aliphatic rings. The van der Waals surface area contributed by atoms with E-state index in [1.54, 1.807) is 0 Å². The Labute approximate surface area is 247 Å². The molecule has 12 atom stereocenters. The maximum absolute atomic E-state index is 13.2. The summed E-state index contributed by atoms with van der Waals surface area (Å²) in [6.45, 7) is -1.85. The fraction of sp³-hybridized carbons (Fsp3) is 0.818. The van der Waals surface area contributed by atoms with Crippen LogP contribution in [0, 0.1) is 0 Å². The molecular formula is C22H38N3O14P3. The van der Waals surface area contributed by atoms with Crippen molar-refractivity contribution in [2.45, 2.75) is 55.9 Å². The molecule has 42 heavy (non-hydrogen) atoms. The average molecular weight is 667 g/mol. The fourth-order valence-corrected chi connectivity index (χ4v) is 7.41. The van der Waals surface area contributed by atoms with Crippen molar-refractivity contribution in [1.82, 2.24) is 14.6 Å². The zero-order valence-electron chi connectivity index (χ0n) is 26.2. The molecule has 3 fully saturated rings. The van der Waals surface area contributed by atoms with Crippen molar-refractivity contribution in [1.29, 1.82) is 0 Å². The minimum absolute atomic E-state index is 0.00421. The molecule has 0 bridgehead atoms. The first-order valence-electron chi connectivity index (χ1n) is 14.7. The third-order valence-electron chi connectivity index (χ3n) is 6.29. The number of rotatable bonds is 15. The van der Waals surface area contributed by atoms with Gasteiger partial charge in [-0.2, -0.15) is 0 Å². The molecule has 0 spiro atoms. The van der Waals surface area contributed by atoms with E-state index in [2.05, 4.69) is 10.3 Å². The number of nitrogens with zero attached hydrogens (tertiary/aromatic N) is 2. The van der Waals surface area contributed by atoms with Gasteiger partial charge >= 0.3 is 29.0 Å². The molecule has 6 unspecified atom stereocenters. The van der Waals surface area contributed by atoms with E-state index in [1.165, 1.54) is 32.8 Å². The van der Waals surface area contributed by atoms with Crippen LogP contribution < -0.4 is 5.32 Å². The molecule has 17 nitrogen and oxygen atoms in total. The molecule has 3 aliphatic heterocycles. The van der Waals surface area contributed by atoms with E-state index in [4.69, 9.17) is 45.7 Å². The normalized spacial score (nSPS) is 38.5. The fourth-order valence-electron chi connectivity index (χ4n) is 4.13. The number of carbonyl (C=O) groups is 1. The number of hydrogen-bond donors (Lipinski definition) is 2. The SMILES string of the molecule is [3H][C@@H]1CC(OP(C)(=O)OC[C@H]2O[C@@H]([3H])CC2OC(=O)NC)[C@@H](COP(C)(=O)OC2C[C@@H]([3H])O[C@@H]2COP(=O)(O)n2ccnc2)O1. The summed E-state index contributed by atoms with van der Waals surface area (Å²) in [5, 5.41) is 2.31. The summed E-state index contributed by atoms with van der Waals surface area (Å²) in [4.78, 5) is 25.4. The molecule has 240 valence electrons. The van der Waals surface area contributed by atoms with Crippen molar-refractivity contribution >= 4 is 29.0 Å². The first kappa shape index (κ1) is 29.5. The Morgan fingerprint density at radius 1 is 0.929 bits per heavy atom. The molecule has 4 rings (SSSR count). The van der Waals surface area contributed by atoms with Crippen LogP contribution in [-0.2, 0) is 55.3 Å². The van der Waals surface area contributed by atoms with Gasteiger partial charge in [-0.3, -0.25) is 13.7 Å². The quantitative estimate of drug-likeness (QED) is 0.258. The zero-order chi connectivity index (χ0) is 33.0. The van der Waals surface area contributed by atoms with Gasteiger partial charge < -0.3 is 47.3 Å². The highest BCUT2D eigenvalue weighted by Crippen LogP contribution is 2.51. The second kappa shape index (κ2) is 14.7. The molecule has 4 heterocycles.